The summed E-state index contributed by atoms with van der Waals surface area (Å²) in [7, 11) is 1.97. The summed E-state index contributed by atoms with van der Waals surface area (Å²) in [5.41, 5.74) is 1.76. The number of carbonyl (C=O) groups excluding carboxylic acids is 1. The van der Waals surface area contributed by atoms with Gasteiger partial charge in [0.2, 0.25) is 0 Å². The van der Waals surface area contributed by atoms with Crippen molar-refractivity contribution in [3.05, 3.63) is 64.3 Å². The summed E-state index contributed by atoms with van der Waals surface area (Å²) < 4.78 is 1.99. The van der Waals surface area contributed by atoms with Gasteiger partial charge in [-0.15, -0.1) is 0 Å². The van der Waals surface area contributed by atoms with Gasteiger partial charge in [0.25, 0.3) is 0 Å². The van der Waals surface area contributed by atoms with Gasteiger partial charge < -0.3 is 4.57 Å². The largest absolute Gasteiger partial charge is 0.351 e. The van der Waals surface area contributed by atoms with Crippen LogP contribution in [0.4, 0.5) is 0 Å². The van der Waals surface area contributed by atoms with Crippen molar-refractivity contribution in [1.82, 2.24) is 4.57 Å². The minimum atomic E-state index is 0.0647. The van der Waals surface area contributed by atoms with Gasteiger partial charge in [-0.25, -0.2) is 0 Å². The lowest BCUT2D eigenvalue weighted by Gasteiger charge is -2.04. The molecule has 0 saturated carbocycles. The Hall–Kier alpha value is -2.35. The van der Waals surface area contributed by atoms with Crippen molar-refractivity contribution in [2.75, 3.05) is 0 Å². The van der Waals surface area contributed by atoms with Crippen molar-refractivity contribution in [2.45, 2.75) is 0 Å². The predicted molar refractivity (Wildman–Crippen MR) is 73.0 cm³/mol. The van der Waals surface area contributed by atoms with E-state index in [2.05, 4.69) is 0 Å². The van der Waals surface area contributed by atoms with E-state index in [4.69, 9.17) is 0 Å². The standard InChI is InChI=1S/C16H13NO/c1-17-8-4-7-15(17)10-14-9-12-5-2-3-6-13(12)11-16(14)18/h2-11H,1H3. The minimum Gasteiger partial charge on any atom is -0.351 e. The topological polar surface area (TPSA) is 22.0 Å². The fraction of sp³-hybridized carbons (Fsp3) is 0.0625. The molecule has 0 spiro atoms. The van der Waals surface area contributed by atoms with Crippen LogP contribution >= 0.6 is 0 Å². The van der Waals surface area contributed by atoms with Gasteiger partial charge in [0.05, 0.1) is 0 Å². The average Bonchev–Trinajstić information content (AvgIpc) is 2.76. The molecule has 2 nitrogen and oxygen atoms in total. The number of Topliss-reactive ketones (excluding diaryl/α,β-unsaturated/α-hetero) is 1. The first-order valence-corrected chi connectivity index (χ1v) is 5.90. The van der Waals surface area contributed by atoms with Gasteiger partial charge in [0.1, 0.15) is 0 Å². The molecule has 0 atom stereocenters. The minimum absolute atomic E-state index is 0.0647. The normalized spacial score (nSPS) is 16.1. The van der Waals surface area contributed by atoms with Crippen LogP contribution in [0.5, 0.6) is 0 Å². The Bertz CT molecular complexity index is 762. The number of fused-ring (bicyclic) bond motifs is 1. The molecule has 3 rings (SSSR count). The molecule has 0 radical (unpaired) electrons. The Morgan fingerprint density at radius 3 is 2.39 bits per heavy atom. The highest BCUT2D eigenvalue weighted by molar-refractivity contribution is 6.24. The quantitative estimate of drug-likeness (QED) is 0.682. The van der Waals surface area contributed by atoms with Gasteiger partial charge in [0, 0.05) is 24.5 Å². The first-order valence-electron chi connectivity index (χ1n) is 5.90. The third-order valence-electron chi connectivity index (χ3n) is 3.17. The Morgan fingerprint density at radius 1 is 1.00 bits per heavy atom. The summed E-state index contributed by atoms with van der Waals surface area (Å²) in [6, 6.07) is 11.9. The highest BCUT2D eigenvalue weighted by Gasteiger charge is 2.08. The van der Waals surface area contributed by atoms with Crippen molar-refractivity contribution in [3.8, 4) is 0 Å². The molecule has 0 aliphatic heterocycles. The van der Waals surface area contributed by atoms with E-state index in [1.54, 1.807) is 6.08 Å². The number of benzene rings is 1. The molecule has 1 aromatic heterocycles. The summed E-state index contributed by atoms with van der Waals surface area (Å²) in [5.74, 6) is 0.0647. The van der Waals surface area contributed by atoms with E-state index < -0.39 is 0 Å². The summed E-state index contributed by atoms with van der Waals surface area (Å²) in [5, 5.41) is 2.09. The van der Waals surface area contributed by atoms with Crippen LogP contribution in [0.15, 0.2) is 48.2 Å². The number of aryl methyl sites for hydroxylation is 1. The van der Waals surface area contributed by atoms with Gasteiger partial charge in [0.15, 0.2) is 5.78 Å². The molecule has 0 saturated heterocycles. The second-order valence-corrected chi connectivity index (χ2v) is 4.43. The smallest absolute Gasteiger partial charge is 0.186 e. The zero-order valence-corrected chi connectivity index (χ0v) is 10.1. The van der Waals surface area contributed by atoms with Gasteiger partial charge in [-0.1, -0.05) is 24.3 Å². The van der Waals surface area contributed by atoms with Crippen molar-refractivity contribution in [2.24, 2.45) is 7.05 Å². The number of ketones is 1. The monoisotopic (exact) mass is 235 g/mol. The van der Waals surface area contributed by atoms with E-state index in [1.165, 1.54) is 0 Å². The Morgan fingerprint density at radius 2 is 1.72 bits per heavy atom. The zero-order chi connectivity index (χ0) is 12.5. The molecule has 0 bridgehead atoms. The van der Waals surface area contributed by atoms with Gasteiger partial charge >= 0.3 is 0 Å². The fourth-order valence-corrected chi connectivity index (χ4v) is 2.13. The number of rotatable bonds is 1. The first kappa shape index (κ1) is 10.8. The van der Waals surface area contributed by atoms with E-state index in [1.807, 2.05) is 66.4 Å². The Balaban J connectivity index is 2.17. The highest BCUT2D eigenvalue weighted by Crippen LogP contribution is 2.11. The molecule has 0 unspecified atom stereocenters. The van der Waals surface area contributed by atoms with E-state index in [-0.39, 0.29) is 5.78 Å². The van der Waals surface area contributed by atoms with E-state index in [9.17, 15) is 4.79 Å². The molecule has 88 valence electrons. The van der Waals surface area contributed by atoms with E-state index in [0.717, 1.165) is 21.7 Å². The van der Waals surface area contributed by atoms with Crippen molar-refractivity contribution >= 4 is 24.0 Å². The van der Waals surface area contributed by atoms with Crippen molar-refractivity contribution in [3.63, 3.8) is 0 Å². The lowest BCUT2D eigenvalue weighted by Crippen LogP contribution is -2.29. The molecule has 2 heteroatoms. The third kappa shape index (κ3) is 1.82. The van der Waals surface area contributed by atoms with Crippen molar-refractivity contribution < 1.29 is 4.79 Å². The number of allylic oxidation sites excluding steroid dienone is 1. The molecular weight excluding hydrogens is 222 g/mol. The van der Waals surface area contributed by atoms with E-state index >= 15 is 0 Å². The third-order valence-corrected chi connectivity index (χ3v) is 3.17. The maximum absolute atomic E-state index is 12.0. The molecule has 1 aliphatic rings. The number of nitrogens with zero attached hydrogens (tertiary/aromatic N) is 1. The lowest BCUT2D eigenvalue weighted by atomic mass is 10.0. The predicted octanol–water partition coefficient (Wildman–Crippen LogP) is 1.25. The highest BCUT2D eigenvalue weighted by atomic mass is 16.1. The van der Waals surface area contributed by atoms with Crippen LogP contribution in [0.1, 0.15) is 5.69 Å². The molecule has 2 aromatic rings. The summed E-state index contributed by atoms with van der Waals surface area (Å²) >= 11 is 0. The van der Waals surface area contributed by atoms with Gasteiger partial charge in [-0.3, -0.25) is 4.79 Å². The molecule has 0 amide bonds. The summed E-state index contributed by atoms with van der Waals surface area (Å²) in [6.07, 6.45) is 7.54. The summed E-state index contributed by atoms with van der Waals surface area (Å²) in [6.45, 7) is 0. The maximum Gasteiger partial charge on any atom is 0.186 e. The molecule has 1 heterocycles. The van der Waals surface area contributed by atoms with Crippen LogP contribution in [-0.4, -0.2) is 10.4 Å². The van der Waals surface area contributed by atoms with Crippen LogP contribution in [0.2, 0.25) is 0 Å². The van der Waals surface area contributed by atoms with Gasteiger partial charge in [-0.2, -0.15) is 0 Å². The fourth-order valence-electron chi connectivity index (χ4n) is 2.13. The second kappa shape index (κ2) is 4.15. The van der Waals surface area contributed by atoms with Crippen LogP contribution < -0.4 is 10.4 Å². The molecule has 1 aliphatic carbocycles. The zero-order valence-electron chi connectivity index (χ0n) is 10.1. The second-order valence-electron chi connectivity index (χ2n) is 4.43. The van der Waals surface area contributed by atoms with Crippen LogP contribution in [0, 0.1) is 0 Å². The molecule has 0 fully saturated rings. The average molecular weight is 235 g/mol. The Labute approximate surface area is 105 Å². The van der Waals surface area contributed by atoms with Gasteiger partial charge in [-0.05, 0) is 40.8 Å². The number of hydrogen-bond donors (Lipinski definition) is 0. The number of hydrogen-bond acceptors (Lipinski definition) is 1. The Kier molecular flexibility index (Phi) is 2.49. The maximum atomic E-state index is 12.0. The first-order chi connectivity index (χ1) is 8.74. The summed E-state index contributed by atoms with van der Waals surface area (Å²) in [4.78, 5) is 12.0. The van der Waals surface area contributed by atoms with Crippen LogP contribution in [-0.2, 0) is 11.8 Å². The number of aromatic nitrogens is 1. The molecule has 1 aromatic carbocycles. The van der Waals surface area contributed by atoms with Crippen LogP contribution in [0.3, 0.4) is 0 Å². The number of carbonyl (C=O) groups is 1. The van der Waals surface area contributed by atoms with Crippen LogP contribution in [0.25, 0.3) is 18.2 Å². The SMILES string of the molecule is Cn1cccc1C=C1C=c2ccccc2=CC1=O. The molecule has 0 N–H and O–H groups in total. The lowest BCUT2D eigenvalue weighted by molar-refractivity contribution is -0.109. The molecule has 18 heavy (non-hydrogen) atoms. The molecular formula is C16H13NO. The van der Waals surface area contributed by atoms with E-state index in [0.29, 0.717) is 0 Å². The van der Waals surface area contributed by atoms with Crippen molar-refractivity contribution in [1.29, 1.82) is 0 Å².